The van der Waals surface area contributed by atoms with Crippen LogP contribution < -0.4 is 5.32 Å². The van der Waals surface area contributed by atoms with Crippen LogP contribution in [0.3, 0.4) is 0 Å². The lowest BCUT2D eigenvalue weighted by molar-refractivity contribution is -0.147. The first-order chi connectivity index (χ1) is 9.76. The Balaban J connectivity index is 2.29. The molecule has 0 radical (unpaired) electrons. The van der Waals surface area contributed by atoms with Crippen molar-refractivity contribution in [2.24, 2.45) is 5.92 Å². The quantitative estimate of drug-likeness (QED) is 0.736. The Morgan fingerprint density at radius 3 is 2.00 bits per heavy atom. The Morgan fingerprint density at radius 2 is 1.52 bits per heavy atom. The van der Waals surface area contributed by atoms with E-state index in [0.29, 0.717) is 14.3 Å². The molecule has 1 fully saturated rings. The summed E-state index contributed by atoms with van der Waals surface area (Å²) < 4.78 is 24.3. The van der Waals surface area contributed by atoms with Crippen LogP contribution in [0.25, 0.3) is 0 Å². The molecule has 0 aliphatic carbocycles. The molecular formula is C12H13N3O5S. The number of nitrogens with one attached hydrogen (secondary N) is 1. The highest BCUT2D eigenvalue weighted by atomic mass is 32.2. The van der Waals surface area contributed by atoms with Crippen molar-refractivity contribution >= 4 is 33.6 Å². The summed E-state index contributed by atoms with van der Waals surface area (Å²) in [4.78, 5) is 36.0. The van der Waals surface area contributed by atoms with Gasteiger partial charge in [-0.25, -0.2) is 8.61 Å². The first kappa shape index (κ1) is 15.0. The summed E-state index contributed by atoms with van der Waals surface area (Å²) in [7, 11) is -2.18. The maximum Gasteiger partial charge on any atom is 0.330 e. The molecule has 1 aliphatic rings. The van der Waals surface area contributed by atoms with Gasteiger partial charge in [-0.15, -0.1) is 0 Å². The number of carbonyl (C=O) groups excluding carboxylic acids is 3. The standard InChI is InChI=1S/C12H13N3O5S/c1-14-11(17)9(12(18)15(2)21(14,19)20)10(16)13-8-6-4-3-5-7-8/h3-7,9H,1-2H3,(H,13,16). The van der Waals surface area contributed by atoms with Crippen molar-refractivity contribution in [3.63, 3.8) is 0 Å². The van der Waals surface area contributed by atoms with Crippen molar-refractivity contribution in [3.8, 4) is 0 Å². The van der Waals surface area contributed by atoms with Gasteiger partial charge in [-0.2, -0.15) is 8.42 Å². The summed E-state index contributed by atoms with van der Waals surface area (Å²) in [5, 5.41) is 2.41. The van der Waals surface area contributed by atoms with Gasteiger partial charge in [0.2, 0.25) is 5.91 Å². The SMILES string of the molecule is CN1C(=O)C(C(=O)Nc2ccccc2)C(=O)N(C)S1(=O)=O. The van der Waals surface area contributed by atoms with E-state index in [-0.39, 0.29) is 0 Å². The smallest absolute Gasteiger partial charge is 0.325 e. The zero-order valence-corrected chi connectivity index (χ0v) is 12.1. The molecule has 0 unspecified atom stereocenters. The average molecular weight is 311 g/mol. The van der Waals surface area contributed by atoms with Crippen LogP contribution in [0.2, 0.25) is 0 Å². The van der Waals surface area contributed by atoms with E-state index < -0.39 is 33.8 Å². The van der Waals surface area contributed by atoms with Gasteiger partial charge < -0.3 is 5.32 Å². The fourth-order valence-corrected chi connectivity index (χ4v) is 2.87. The molecule has 1 aliphatic heterocycles. The van der Waals surface area contributed by atoms with Gasteiger partial charge in [0.05, 0.1) is 0 Å². The first-order valence-corrected chi connectivity index (χ1v) is 7.33. The largest absolute Gasteiger partial charge is 0.330 e. The third-order valence-electron chi connectivity index (χ3n) is 3.11. The fraction of sp³-hybridized carbons (Fsp3) is 0.250. The number of rotatable bonds is 2. The molecule has 1 heterocycles. The maximum atomic E-state index is 12.1. The molecule has 0 atom stereocenters. The Bertz CT molecular complexity index is 673. The van der Waals surface area contributed by atoms with E-state index in [9.17, 15) is 22.8 Å². The predicted molar refractivity (Wildman–Crippen MR) is 73.0 cm³/mol. The zero-order valence-electron chi connectivity index (χ0n) is 11.3. The number of hydrogen-bond acceptors (Lipinski definition) is 5. The summed E-state index contributed by atoms with van der Waals surface area (Å²) in [5.74, 6) is -4.74. The van der Waals surface area contributed by atoms with E-state index >= 15 is 0 Å². The molecule has 0 spiro atoms. The monoisotopic (exact) mass is 311 g/mol. The van der Waals surface area contributed by atoms with Crippen LogP contribution in [0.15, 0.2) is 30.3 Å². The Hall–Kier alpha value is -2.42. The van der Waals surface area contributed by atoms with Gasteiger partial charge in [0.1, 0.15) is 0 Å². The fourth-order valence-electron chi connectivity index (χ4n) is 1.84. The minimum Gasteiger partial charge on any atom is -0.325 e. The number of carbonyl (C=O) groups is 3. The highest BCUT2D eigenvalue weighted by Crippen LogP contribution is 2.21. The van der Waals surface area contributed by atoms with Gasteiger partial charge in [-0.05, 0) is 12.1 Å². The van der Waals surface area contributed by atoms with Crippen LogP contribution in [0.1, 0.15) is 0 Å². The number of hydrogen-bond donors (Lipinski definition) is 1. The van der Waals surface area contributed by atoms with Crippen molar-refractivity contribution in [1.82, 2.24) is 8.61 Å². The van der Waals surface area contributed by atoms with Gasteiger partial charge in [0.25, 0.3) is 11.8 Å². The molecular weight excluding hydrogens is 298 g/mol. The Labute approximate surface area is 121 Å². The average Bonchev–Trinajstić information content (AvgIpc) is 2.45. The lowest BCUT2D eigenvalue weighted by Gasteiger charge is -2.33. The molecule has 1 aromatic carbocycles. The highest BCUT2D eigenvalue weighted by molar-refractivity contribution is 7.88. The second-order valence-electron chi connectivity index (χ2n) is 4.41. The lowest BCUT2D eigenvalue weighted by atomic mass is 10.1. The third-order valence-corrected chi connectivity index (χ3v) is 4.85. The first-order valence-electron chi connectivity index (χ1n) is 5.93. The molecule has 1 saturated heterocycles. The molecule has 0 saturated carbocycles. The van der Waals surface area contributed by atoms with Crippen LogP contribution in [0.4, 0.5) is 5.69 Å². The Kier molecular flexibility index (Phi) is 3.69. The highest BCUT2D eigenvalue weighted by Gasteiger charge is 2.49. The molecule has 2 rings (SSSR count). The number of benzene rings is 1. The minimum atomic E-state index is -4.19. The number of nitrogens with zero attached hydrogens (tertiary/aromatic N) is 2. The summed E-state index contributed by atoms with van der Waals surface area (Å²) in [6.07, 6.45) is 0. The number of amides is 3. The molecule has 1 N–H and O–H groups in total. The molecule has 112 valence electrons. The number of anilines is 1. The normalized spacial score (nSPS) is 18.8. The van der Waals surface area contributed by atoms with E-state index in [1.807, 2.05) is 0 Å². The number of para-hydroxylation sites is 1. The van der Waals surface area contributed by atoms with E-state index in [4.69, 9.17) is 0 Å². The molecule has 8 nitrogen and oxygen atoms in total. The van der Waals surface area contributed by atoms with Crippen LogP contribution in [-0.2, 0) is 24.6 Å². The van der Waals surface area contributed by atoms with Crippen molar-refractivity contribution < 1.29 is 22.8 Å². The van der Waals surface area contributed by atoms with Gasteiger partial charge in [-0.1, -0.05) is 18.2 Å². The van der Waals surface area contributed by atoms with Crippen molar-refractivity contribution in [3.05, 3.63) is 30.3 Å². The molecule has 0 aromatic heterocycles. The minimum absolute atomic E-state index is 0.392. The van der Waals surface area contributed by atoms with E-state index in [1.165, 1.54) is 0 Å². The molecule has 0 bridgehead atoms. The van der Waals surface area contributed by atoms with Gasteiger partial charge in [-0.3, -0.25) is 14.4 Å². The molecule has 21 heavy (non-hydrogen) atoms. The van der Waals surface area contributed by atoms with Crippen LogP contribution in [0.5, 0.6) is 0 Å². The van der Waals surface area contributed by atoms with Crippen molar-refractivity contribution in [1.29, 1.82) is 0 Å². The van der Waals surface area contributed by atoms with Crippen molar-refractivity contribution in [2.75, 3.05) is 19.4 Å². The lowest BCUT2D eigenvalue weighted by Crippen LogP contribution is -2.59. The predicted octanol–water partition coefficient (Wildman–Crippen LogP) is -0.583. The van der Waals surface area contributed by atoms with Crippen LogP contribution in [-0.4, -0.2) is 48.8 Å². The Morgan fingerprint density at radius 1 is 1.05 bits per heavy atom. The maximum absolute atomic E-state index is 12.1. The van der Waals surface area contributed by atoms with Crippen LogP contribution >= 0.6 is 0 Å². The summed E-state index contributed by atoms with van der Waals surface area (Å²) in [6, 6.07) is 8.24. The summed E-state index contributed by atoms with van der Waals surface area (Å²) in [5.41, 5.74) is 0.404. The molecule has 3 amide bonds. The van der Waals surface area contributed by atoms with Gasteiger partial charge >= 0.3 is 10.2 Å². The zero-order chi connectivity index (χ0) is 15.8. The van der Waals surface area contributed by atoms with Crippen LogP contribution in [0, 0.1) is 5.92 Å². The van der Waals surface area contributed by atoms with Gasteiger partial charge in [0, 0.05) is 19.8 Å². The van der Waals surface area contributed by atoms with E-state index in [0.717, 1.165) is 14.1 Å². The van der Waals surface area contributed by atoms with E-state index in [2.05, 4.69) is 5.32 Å². The second-order valence-corrected chi connectivity index (χ2v) is 6.40. The van der Waals surface area contributed by atoms with E-state index in [1.54, 1.807) is 30.3 Å². The molecule has 1 aromatic rings. The van der Waals surface area contributed by atoms with Gasteiger partial charge in [0.15, 0.2) is 5.92 Å². The topological polar surface area (TPSA) is 104 Å². The third kappa shape index (κ3) is 2.47. The second kappa shape index (κ2) is 5.17. The summed E-state index contributed by atoms with van der Waals surface area (Å²) >= 11 is 0. The molecule has 9 heteroatoms. The van der Waals surface area contributed by atoms with Crippen molar-refractivity contribution in [2.45, 2.75) is 0 Å². The summed E-state index contributed by atoms with van der Waals surface area (Å²) in [6.45, 7) is 0.